The van der Waals surface area contributed by atoms with Crippen molar-refractivity contribution in [2.45, 2.75) is 46.1 Å². The van der Waals surface area contributed by atoms with E-state index in [1.165, 1.54) is 30.4 Å². The number of aryl methyl sites for hydroxylation is 1. The minimum atomic E-state index is 0.353. The van der Waals surface area contributed by atoms with Crippen LogP contribution < -0.4 is 10.1 Å². The van der Waals surface area contributed by atoms with Crippen LogP contribution in [0.25, 0.3) is 0 Å². The average molecular weight is 247 g/mol. The molecule has 0 saturated heterocycles. The van der Waals surface area contributed by atoms with Crippen molar-refractivity contribution in [1.29, 1.82) is 0 Å². The van der Waals surface area contributed by atoms with Crippen molar-refractivity contribution in [1.82, 2.24) is 5.32 Å². The van der Waals surface area contributed by atoms with E-state index in [0.29, 0.717) is 6.04 Å². The molecule has 2 heteroatoms. The fourth-order valence-electron chi connectivity index (χ4n) is 2.30. The van der Waals surface area contributed by atoms with Crippen molar-refractivity contribution in [3.63, 3.8) is 0 Å². The molecular formula is C16H25NO. The first kappa shape index (κ1) is 13.4. The molecule has 0 amide bonds. The van der Waals surface area contributed by atoms with Gasteiger partial charge in [0.15, 0.2) is 0 Å². The molecule has 1 aliphatic rings. The largest absolute Gasteiger partial charge is 0.493 e. The molecule has 1 N–H and O–H groups in total. The van der Waals surface area contributed by atoms with Gasteiger partial charge in [-0.05, 0) is 38.8 Å². The third kappa shape index (κ3) is 3.74. The number of rotatable bonds is 7. The van der Waals surface area contributed by atoms with Crippen LogP contribution in [0, 0.1) is 12.8 Å². The Morgan fingerprint density at radius 3 is 2.83 bits per heavy atom. The van der Waals surface area contributed by atoms with Gasteiger partial charge in [0.25, 0.3) is 0 Å². The molecule has 1 fully saturated rings. The molecule has 0 aromatic heterocycles. The first-order valence-corrected chi connectivity index (χ1v) is 7.17. The zero-order chi connectivity index (χ0) is 13.0. The van der Waals surface area contributed by atoms with Crippen molar-refractivity contribution in [3.05, 3.63) is 29.3 Å². The average Bonchev–Trinajstić information content (AvgIpc) is 3.15. The van der Waals surface area contributed by atoms with E-state index in [4.69, 9.17) is 4.74 Å². The zero-order valence-corrected chi connectivity index (χ0v) is 11.8. The highest BCUT2D eigenvalue weighted by Gasteiger charge is 2.21. The van der Waals surface area contributed by atoms with Crippen LogP contribution in [0.15, 0.2) is 18.2 Å². The Balaban J connectivity index is 2.01. The lowest BCUT2D eigenvalue weighted by molar-refractivity contribution is 0.296. The highest BCUT2D eigenvalue weighted by Crippen LogP contribution is 2.33. The molecule has 18 heavy (non-hydrogen) atoms. The van der Waals surface area contributed by atoms with Gasteiger partial charge in [-0.2, -0.15) is 0 Å². The molecule has 0 heterocycles. The molecule has 1 unspecified atom stereocenters. The maximum absolute atomic E-state index is 5.97. The topological polar surface area (TPSA) is 21.3 Å². The molecule has 0 bridgehead atoms. The third-order valence-electron chi connectivity index (χ3n) is 3.62. The lowest BCUT2D eigenvalue weighted by atomic mass is 10.0. The van der Waals surface area contributed by atoms with Gasteiger partial charge >= 0.3 is 0 Å². The van der Waals surface area contributed by atoms with E-state index >= 15 is 0 Å². The molecule has 1 aliphatic carbocycles. The summed E-state index contributed by atoms with van der Waals surface area (Å²) in [5.41, 5.74) is 2.58. The summed E-state index contributed by atoms with van der Waals surface area (Å²) in [6, 6.07) is 6.84. The highest BCUT2D eigenvalue weighted by atomic mass is 16.5. The second kappa shape index (κ2) is 6.24. The van der Waals surface area contributed by atoms with Gasteiger partial charge in [-0.25, -0.2) is 0 Å². The molecule has 1 atom stereocenters. The summed E-state index contributed by atoms with van der Waals surface area (Å²) in [4.78, 5) is 0. The van der Waals surface area contributed by atoms with Crippen LogP contribution in [0.1, 0.15) is 50.3 Å². The van der Waals surface area contributed by atoms with Crippen molar-refractivity contribution in [2.24, 2.45) is 5.92 Å². The van der Waals surface area contributed by atoms with Crippen molar-refractivity contribution in [2.75, 3.05) is 13.2 Å². The van der Waals surface area contributed by atoms with E-state index in [2.05, 4.69) is 44.3 Å². The van der Waals surface area contributed by atoms with Gasteiger partial charge in [0, 0.05) is 11.6 Å². The SMILES string of the molecule is CCNC(C)c1cc(C)ccc1OCCC1CC1. The van der Waals surface area contributed by atoms with Crippen LogP contribution in [0.3, 0.4) is 0 Å². The molecule has 2 nitrogen and oxygen atoms in total. The summed E-state index contributed by atoms with van der Waals surface area (Å²) in [6.45, 7) is 8.32. The Morgan fingerprint density at radius 2 is 2.17 bits per heavy atom. The van der Waals surface area contributed by atoms with Gasteiger partial charge in [0.2, 0.25) is 0 Å². The molecular weight excluding hydrogens is 222 g/mol. The van der Waals surface area contributed by atoms with Crippen molar-refractivity contribution < 1.29 is 4.74 Å². The first-order chi connectivity index (χ1) is 8.70. The second-order valence-electron chi connectivity index (χ2n) is 5.40. The van der Waals surface area contributed by atoms with Crippen LogP contribution >= 0.6 is 0 Å². The van der Waals surface area contributed by atoms with Crippen LogP contribution in [0.4, 0.5) is 0 Å². The van der Waals surface area contributed by atoms with Gasteiger partial charge in [0.1, 0.15) is 5.75 Å². The van der Waals surface area contributed by atoms with Gasteiger partial charge in [-0.15, -0.1) is 0 Å². The normalized spacial score (nSPS) is 16.6. The smallest absolute Gasteiger partial charge is 0.124 e. The maximum atomic E-state index is 5.97. The van der Waals surface area contributed by atoms with Crippen molar-refractivity contribution in [3.8, 4) is 5.75 Å². The van der Waals surface area contributed by atoms with E-state index in [9.17, 15) is 0 Å². The lowest BCUT2D eigenvalue weighted by Crippen LogP contribution is -2.18. The molecule has 2 rings (SSSR count). The third-order valence-corrected chi connectivity index (χ3v) is 3.62. The van der Waals surface area contributed by atoms with Crippen LogP contribution in [0.5, 0.6) is 5.75 Å². The summed E-state index contributed by atoms with van der Waals surface area (Å²) in [5, 5.41) is 3.46. The predicted octanol–water partition coefficient (Wildman–Crippen LogP) is 3.84. The summed E-state index contributed by atoms with van der Waals surface area (Å²) >= 11 is 0. The quantitative estimate of drug-likeness (QED) is 0.790. The zero-order valence-electron chi connectivity index (χ0n) is 11.8. The molecule has 1 aromatic carbocycles. The molecule has 0 aliphatic heterocycles. The number of hydrogen-bond acceptors (Lipinski definition) is 2. The van der Waals surface area contributed by atoms with E-state index < -0.39 is 0 Å². The van der Waals surface area contributed by atoms with Gasteiger partial charge in [0.05, 0.1) is 6.61 Å². The lowest BCUT2D eigenvalue weighted by Gasteiger charge is -2.18. The number of benzene rings is 1. The fourth-order valence-corrected chi connectivity index (χ4v) is 2.30. The Kier molecular flexibility index (Phi) is 4.65. The minimum Gasteiger partial charge on any atom is -0.493 e. The van der Waals surface area contributed by atoms with Crippen LogP contribution in [0.2, 0.25) is 0 Å². The van der Waals surface area contributed by atoms with Crippen molar-refractivity contribution >= 4 is 0 Å². The Hall–Kier alpha value is -1.02. The van der Waals surface area contributed by atoms with E-state index in [1.807, 2.05) is 0 Å². The Morgan fingerprint density at radius 1 is 1.39 bits per heavy atom. The molecule has 0 radical (unpaired) electrons. The maximum Gasteiger partial charge on any atom is 0.124 e. The highest BCUT2D eigenvalue weighted by molar-refractivity contribution is 5.39. The van der Waals surface area contributed by atoms with Crippen LogP contribution in [-0.4, -0.2) is 13.2 Å². The monoisotopic (exact) mass is 247 g/mol. The second-order valence-corrected chi connectivity index (χ2v) is 5.40. The minimum absolute atomic E-state index is 0.353. The van der Waals surface area contributed by atoms with E-state index in [1.54, 1.807) is 0 Å². The standard InChI is InChI=1S/C16H25NO/c1-4-17-13(3)15-11-12(2)5-8-16(15)18-10-9-14-6-7-14/h5,8,11,13-14,17H,4,6-7,9-10H2,1-3H3. The summed E-state index contributed by atoms with van der Waals surface area (Å²) in [7, 11) is 0. The molecule has 1 aromatic rings. The Bertz CT molecular complexity index is 385. The van der Waals surface area contributed by atoms with Gasteiger partial charge in [-0.3, -0.25) is 0 Å². The van der Waals surface area contributed by atoms with E-state index in [-0.39, 0.29) is 0 Å². The predicted molar refractivity (Wildman–Crippen MR) is 76.1 cm³/mol. The first-order valence-electron chi connectivity index (χ1n) is 7.17. The van der Waals surface area contributed by atoms with Gasteiger partial charge in [-0.1, -0.05) is 37.5 Å². The van der Waals surface area contributed by atoms with Crippen LogP contribution in [-0.2, 0) is 0 Å². The number of nitrogens with one attached hydrogen (secondary N) is 1. The summed E-state index contributed by atoms with van der Waals surface area (Å²) in [5.74, 6) is 1.99. The summed E-state index contributed by atoms with van der Waals surface area (Å²) < 4.78 is 5.97. The number of hydrogen-bond donors (Lipinski definition) is 1. The molecule has 0 spiro atoms. The van der Waals surface area contributed by atoms with Gasteiger partial charge < -0.3 is 10.1 Å². The fraction of sp³-hybridized carbons (Fsp3) is 0.625. The molecule has 100 valence electrons. The van der Waals surface area contributed by atoms with E-state index in [0.717, 1.165) is 24.8 Å². The summed E-state index contributed by atoms with van der Waals surface area (Å²) in [6.07, 6.45) is 4.01. The number of ether oxygens (including phenoxy) is 1. The Labute approximate surface area is 111 Å². The molecule has 1 saturated carbocycles.